The summed E-state index contributed by atoms with van der Waals surface area (Å²) in [6.07, 6.45) is 1.00. The molecule has 15 heavy (non-hydrogen) atoms. The maximum absolute atomic E-state index is 10.7. The fourth-order valence-corrected chi connectivity index (χ4v) is 1.28. The van der Waals surface area contributed by atoms with Crippen molar-refractivity contribution < 1.29 is 14.6 Å². The molecule has 0 aliphatic rings. The van der Waals surface area contributed by atoms with Crippen molar-refractivity contribution in [2.75, 3.05) is 13.2 Å². The number of carbonyl (C=O) groups is 1. The van der Waals surface area contributed by atoms with Crippen molar-refractivity contribution in [1.29, 1.82) is 0 Å². The molecular weight excluding hydrogens is 192 g/mol. The third kappa shape index (κ3) is 4.13. The van der Waals surface area contributed by atoms with Crippen LogP contribution in [-0.4, -0.2) is 24.1 Å². The fourth-order valence-electron chi connectivity index (χ4n) is 1.28. The van der Waals surface area contributed by atoms with Crippen LogP contribution in [0, 0.1) is 0 Å². The molecule has 0 radical (unpaired) electrons. The minimum Gasteiger partial charge on any atom is -0.493 e. The van der Waals surface area contributed by atoms with E-state index in [4.69, 9.17) is 9.84 Å². The van der Waals surface area contributed by atoms with Crippen molar-refractivity contribution in [3.63, 3.8) is 0 Å². The summed E-state index contributed by atoms with van der Waals surface area (Å²) in [6.45, 7) is 2.05. The van der Waals surface area contributed by atoms with Crippen molar-refractivity contribution in [3.05, 3.63) is 29.8 Å². The second kappa shape index (κ2) is 6.19. The maximum Gasteiger partial charge on any atom is 0.133 e. The normalized spacial score (nSPS) is 10.0. The van der Waals surface area contributed by atoms with Crippen LogP contribution in [0.4, 0.5) is 0 Å². The topological polar surface area (TPSA) is 46.5 Å². The van der Waals surface area contributed by atoms with Crippen LogP contribution >= 0.6 is 0 Å². The summed E-state index contributed by atoms with van der Waals surface area (Å²) < 4.78 is 5.47. The molecule has 0 fully saturated rings. The number of ketones is 1. The van der Waals surface area contributed by atoms with Crippen molar-refractivity contribution in [1.82, 2.24) is 0 Å². The average molecular weight is 208 g/mol. The van der Waals surface area contributed by atoms with Gasteiger partial charge in [0, 0.05) is 13.0 Å². The number of ether oxygens (including phenoxy) is 1. The third-order valence-corrected chi connectivity index (χ3v) is 2.07. The number of carbonyl (C=O) groups excluding carboxylic acids is 1. The van der Waals surface area contributed by atoms with Crippen LogP contribution in [0.1, 0.15) is 18.9 Å². The first-order valence-corrected chi connectivity index (χ1v) is 5.05. The lowest BCUT2D eigenvalue weighted by Gasteiger charge is -2.09. The van der Waals surface area contributed by atoms with E-state index in [1.807, 2.05) is 24.3 Å². The Labute approximate surface area is 89.7 Å². The molecule has 1 aromatic rings. The van der Waals surface area contributed by atoms with E-state index in [1.165, 1.54) is 0 Å². The Kier molecular flexibility index (Phi) is 4.84. The zero-order valence-corrected chi connectivity index (χ0v) is 8.90. The Hall–Kier alpha value is -1.35. The Bertz CT molecular complexity index is 320. The smallest absolute Gasteiger partial charge is 0.133 e. The van der Waals surface area contributed by atoms with E-state index in [0.29, 0.717) is 19.4 Å². The highest BCUT2D eigenvalue weighted by molar-refractivity contribution is 5.75. The number of rotatable bonds is 6. The maximum atomic E-state index is 10.7. The number of benzene rings is 1. The molecule has 0 unspecified atom stereocenters. The summed E-state index contributed by atoms with van der Waals surface area (Å²) in [5, 5.41) is 8.85. The van der Waals surface area contributed by atoms with Crippen LogP contribution in [-0.2, 0) is 11.2 Å². The van der Waals surface area contributed by atoms with E-state index in [1.54, 1.807) is 6.92 Å². The number of aliphatic hydroxyl groups is 1. The number of para-hydroxylation sites is 1. The lowest BCUT2D eigenvalue weighted by molar-refractivity contribution is -0.117. The zero-order valence-electron chi connectivity index (χ0n) is 8.90. The standard InChI is InChI=1S/C12H16O3/c1-10(14)7-9-15-12-5-3-2-4-11(12)6-8-13/h2-5,13H,6-9H2,1H3. The van der Waals surface area contributed by atoms with E-state index in [0.717, 1.165) is 11.3 Å². The van der Waals surface area contributed by atoms with Crippen molar-refractivity contribution in [2.24, 2.45) is 0 Å². The summed E-state index contributed by atoms with van der Waals surface area (Å²) in [4.78, 5) is 10.7. The lowest BCUT2D eigenvalue weighted by Crippen LogP contribution is -2.05. The monoisotopic (exact) mass is 208 g/mol. The summed E-state index contributed by atoms with van der Waals surface area (Å²) in [7, 11) is 0. The Morgan fingerprint density at radius 1 is 1.40 bits per heavy atom. The number of hydrogen-bond acceptors (Lipinski definition) is 3. The quantitative estimate of drug-likeness (QED) is 0.772. The predicted octanol–water partition coefficient (Wildman–Crippen LogP) is 1.58. The largest absolute Gasteiger partial charge is 0.493 e. The van der Waals surface area contributed by atoms with Gasteiger partial charge in [-0.3, -0.25) is 4.79 Å². The summed E-state index contributed by atoms with van der Waals surface area (Å²) in [5.41, 5.74) is 0.976. The van der Waals surface area contributed by atoms with Gasteiger partial charge in [-0.25, -0.2) is 0 Å². The molecule has 0 saturated heterocycles. The first kappa shape index (κ1) is 11.7. The van der Waals surface area contributed by atoms with E-state index >= 15 is 0 Å². The van der Waals surface area contributed by atoms with Crippen molar-refractivity contribution in [3.8, 4) is 5.75 Å². The van der Waals surface area contributed by atoms with Crippen LogP contribution in [0.3, 0.4) is 0 Å². The van der Waals surface area contributed by atoms with Gasteiger partial charge in [-0.15, -0.1) is 0 Å². The van der Waals surface area contributed by atoms with Gasteiger partial charge in [0.25, 0.3) is 0 Å². The van der Waals surface area contributed by atoms with E-state index < -0.39 is 0 Å². The van der Waals surface area contributed by atoms with Crippen molar-refractivity contribution in [2.45, 2.75) is 19.8 Å². The van der Waals surface area contributed by atoms with Gasteiger partial charge < -0.3 is 9.84 Å². The van der Waals surface area contributed by atoms with E-state index in [2.05, 4.69) is 0 Å². The van der Waals surface area contributed by atoms with Crippen LogP contribution in [0.5, 0.6) is 5.75 Å². The predicted molar refractivity (Wildman–Crippen MR) is 58.0 cm³/mol. The third-order valence-electron chi connectivity index (χ3n) is 2.07. The van der Waals surface area contributed by atoms with Gasteiger partial charge in [0.2, 0.25) is 0 Å². The molecule has 3 heteroatoms. The molecule has 0 amide bonds. The number of Topliss-reactive ketones (excluding diaryl/α,β-unsaturated/α-hetero) is 1. The second-order valence-electron chi connectivity index (χ2n) is 3.38. The van der Waals surface area contributed by atoms with Crippen LogP contribution in [0.2, 0.25) is 0 Å². The van der Waals surface area contributed by atoms with Gasteiger partial charge >= 0.3 is 0 Å². The van der Waals surface area contributed by atoms with Gasteiger partial charge in [-0.2, -0.15) is 0 Å². The molecule has 3 nitrogen and oxygen atoms in total. The van der Waals surface area contributed by atoms with Gasteiger partial charge in [-0.1, -0.05) is 18.2 Å². The number of aliphatic hydroxyl groups excluding tert-OH is 1. The highest BCUT2D eigenvalue weighted by Crippen LogP contribution is 2.18. The minimum absolute atomic E-state index is 0.104. The molecule has 1 aromatic carbocycles. The minimum atomic E-state index is 0.104. The Balaban J connectivity index is 2.55. The van der Waals surface area contributed by atoms with Crippen LogP contribution < -0.4 is 4.74 Å². The zero-order chi connectivity index (χ0) is 11.1. The number of hydrogen-bond donors (Lipinski definition) is 1. The van der Waals surface area contributed by atoms with E-state index in [-0.39, 0.29) is 12.4 Å². The molecule has 0 saturated carbocycles. The van der Waals surface area contributed by atoms with E-state index in [9.17, 15) is 4.79 Å². The molecule has 0 heterocycles. The molecule has 0 aromatic heterocycles. The Morgan fingerprint density at radius 3 is 2.80 bits per heavy atom. The van der Waals surface area contributed by atoms with Gasteiger partial charge in [0.05, 0.1) is 6.61 Å². The Morgan fingerprint density at radius 2 is 2.13 bits per heavy atom. The highest BCUT2D eigenvalue weighted by atomic mass is 16.5. The molecule has 1 rings (SSSR count). The van der Waals surface area contributed by atoms with Gasteiger partial charge in [-0.05, 0) is 25.0 Å². The molecule has 0 aliphatic carbocycles. The van der Waals surface area contributed by atoms with Crippen LogP contribution in [0.25, 0.3) is 0 Å². The molecule has 0 aliphatic heterocycles. The van der Waals surface area contributed by atoms with Gasteiger partial charge in [0.15, 0.2) is 0 Å². The second-order valence-corrected chi connectivity index (χ2v) is 3.38. The molecule has 1 N–H and O–H groups in total. The molecule has 82 valence electrons. The first-order valence-electron chi connectivity index (χ1n) is 5.05. The van der Waals surface area contributed by atoms with Crippen LogP contribution in [0.15, 0.2) is 24.3 Å². The van der Waals surface area contributed by atoms with Crippen molar-refractivity contribution >= 4 is 5.78 Å². The molecule has 0 bridgehead atoms. The first-order chi connectivity index (χ1) is 7.24. The molecule has 0 atom stereocenters. The summed E-state index contributed by atoms with van der Waals surface area (Å²) in [5.74, 6) is 0.877. The SMILES string of the molecule is CC(=O)CCOc1ccccc1CCO. The highest BCUT2D eigenvalue weighted by Gasteiger charge is 2.02. The fraction of sp³-hybridized carbons (Fsp3) is 0.417. The molecular formula is C12H16O3. The average Bonchev–Trinajstić information content (AvgIpc) is 2.20. The summed E-state index contributed by atoms with van der Waals surface area (Å²) >= 11 is 0. The van der Waals surface area contributed by atoms with Gasteiger partial charge in [0.1, 0.15) is 11.5 Å². The molecule has 0 spiro atoms. The summed E-state index contributed by atoms with van der Waals surface area (Å²) in [6, 6.07) is 7.55. The lowest BCUT2D eigenvalue weighted by atomic mass is 10.1.